The molecule has 1 aromatic carbocycles. The monoisotopic (exact) mass is 260 g/mol. The van der Waals surface area contributed by atoms with E-state index >= 15 is 0 Å². The highest BCUT2D eigenvalue weighted by Gasteiger charge is 2.30. The van der Waals surface area contributed by atoms with Gasteiger partial charge in [-0.1, -0.05) is 19.1 Å². The summed E-state index contributed by atoms with van der Waals surface area (Å²) < 4.78 is 0. The molecule has 1 aliphatic rings. The minimum Gasteiger partial charge on any atom is -0.329 e. The van der Waals surface area contributed by atoms with Crippen molar-refractivity contribution in [3.05, 3.63) is 29.3 Å². The standard InChI is InChI=1S/C16H24N2O/c1-3-16(2,11-17)15(19)18-14-10-6-8-12-7-4-5-9-13(12)14/h6,8,10H,3-5,7,9,11,17H2,1-2H3,(H,18,19). The largest absolute Gasteiger partial charge is 0.329 e. The third-order valence-corrected chi connectivity index (χ3v) is 4.42. The maximum Gasteiger partial charge on any atom is 0.231 e. The fourth-order valence-corrected chi connectivity index (χ4v) is 2.57. The molecular weight excluding hydrogens is 236 g/mol. The summed E-state index contributed by atoms with van der Waals surface area (Å²) in [5, 5.41) is 3.09. The average Bonchev–Trinajstić information content (AvgIpc) is 2.46. The predicted octanol–water partition coefficient (Wildman–Crippen LogP) is 2.88. The molecule has 19 heavy (non-hydrogen) atoms. The topological polar surface area (TPSA) is 55.1 Å². The Morgan fingerprint density at radius 3 is 2.79 bits per heavy atom. The molecule has 0 radical (unpaired) electrons. The van der Waals surface area contributed by atoms with Crippen LogP contribution in [0.2, 0.25) is 0 Å². The van der Waals surface area contributed by atoms with Gasteiger partial charge in [0.05, 0.1) is 5.41 Å². The lowest BCUT2D eigenvalue weighted by atomic mass is 9.86. The van der Waals surface area contributed by atoms with Gasteiger partial charge in [0, 0.05) is 12.2 Å². The van der Waals surface area contributed by atoms with E-state index in [-0.39, 0.29) is 5.91 Å². The van der Waals surface area contributed by atoms with Gasteiger partial charge in [0.25, 0.3) is 0 Å². The molecule has 1 atom stereocenters. The first-order valence-corrected chi connectivity index (χ1v) is 7.23. The second-order valence-electron chi connectivity index (χ2n) is 5.72. The number of rotatable bonds is 4. The lowest BCUT2D eigenvalue weighted by molar-refractivity contribution is -0.124. The van der Waals surface area contributed by atoms with E-state index in [1.54, 1.807) is 0 Å². The van der Waals surface area contributed by atoms with Crippen molar-refractivity contribution in [1.29, 1.82) is 0 Å². The van der Waals surface area contributed by atoms with Gasteiger partial charge in [0.1, 0.15) is 0 Å². The number of aryl methyl sites for hydroxylation is 1. The lowest BCUT2D eigenvalue weighted by Gasteiger charge is -2.27. The number of hydrogen-bond acceptors (Lipinski definition) is 2. The van der Waals surface area contributed by atoms with Crippen LogP contribution in [0.3, 0.4) is 0 Å². The molecule has 0 fully saturated rings. The van der Waals surface area contributed by atoms with Gasteiger partial charge in [0.15, 0.2) is 0 Å². The summed E-state index contributed by atoms with van der Waals surface area (Å²) in [6.45, 7) is 4.31. The van der Waals surface area contributed by atoms with Crippen LogP contribution in [0.25, 0.3) is 0 Å². The van der Waals surface area contributed by atoms with E-state index in [9.17, 15) is 4.79 Å². The Hall–Kier alpha value is -1.35. The van der Waals surface area contributed by atoms with Crippen LogP contribution in [0, 0.1) is 5.41 Å². The number of anilines is 1. The Morgan fingerprint density at radius 2 is 2.11 bits per heavy atom. The molecule has 2 rings (SSSR count). The van der Waals surface area contributed by atoms with Crippen LogP contribution in [-0.2, 0) is 17.6 Å². The Kier molecular flexibility index (Phi) is 4.25. The van der Waals surface area contributed by atoms with Crippen LogP contribution in [0.1, 0.15) is 44.2 Å². The maximum absolute atomic E-state index is 12.4. The molecule has 0 saturated heterocycles. The maximum atomic E-state index is 12.4. The molecule has 3 nitrogen and oxygen atoms in total. The number of amides is 1. The number of carbonyl (C=O) groups excluding carboxylic acids is 1. The molecular formula is C16H24N2O. The van der Waals surface area contributed by atoms with Crippen LogP contribution in [0.5, 0.6) is 0 Å². The third kappa shape index (κ3) is 2.81. The molecule has 1 amide bonds. The van der Waals surface area contributed by atoms with Crippen LogP contribution in [0.15, 0.2) is 18.2 Å². The zero-order valence-corrected chi connectivity index (χ0v) is 12.0. The second-order valence-corrected chi connectivity index (χ2v) is 5.72. The van der Waals surface area contributed by atoms with E-state index in [2.05, 4.69) is 11.4 Å². The summed E-state index contributed by atoms with van der Waals surface area (Å²) in [5.74, 6) is 0.0384. The van der Waals surface area contributed by atoms with Gasteiger partial charge in [-0.2, -0.15) is 0 Å². The smallest absolute Gasteiger partial charge is 0.231 e. The number of benzene rings is 1. The van der Waals surface area contributed by atoms with Gasteiger partial charge in [0.2, 0.25) is 5.91 Å². The first kappa shape index (κ1) is 14.1. The molecule has 1 unspecified atom stereocenters. The quantitative estimate of drug-likeness (QED) is 0.874. The van der Waals surface area contributed by atoms with E-state index in [4.69, 9.17) is 5.73 Å². The fraction of sp³-hybridized carbons (Fsp3) is 0.562. The fourth-order valence-electron chi connectivity index (χ4n) is 2.57. The molecule has 0 saturated carbocycles. The molecule has 0 bridgehead atoms. The summed E-state index contributed by atoms with van der Waals surface area (Å²) in [5.41, 5.74) is 8.96. The van der Waals surface area contributed by atoms with Crippen molar-refractivity contribution < 1.29 is 4.79 Å². The minimum absolute atomic E-state index is 0.0384. The summed E-state index contributed by atoms with van der Waals surface area (Å²) >= 11 is 0. The molecule has 3 heteroatoms. The Bertz CT molecular complexity index is 464. The highest BCUT2D eigenvalue weighted by atomic mass is 16.2. The molecule has 1 aliphatic carbocycles. The van der Waals surface area contributed by atoms with Gasteiger partial charge >= 0.3 is 0 Å². The van der Waals surface area contributed by atoms with Crippen molar-refractivity contribution in [2.24, 2.45) is 11.1 Å². The van der Waals surface area contributed by atoms with Crippen molar-refractivity contribution in [2.45, 2.75) is 46.0 Å². The Labute approximate surface area is 115 Å². The highest BCUT2D eigenvalue weighted by molar-refractivity contribution is 5.96. The van der Waals surface area contributed by atoms with Crippen molar-refractivity contribution in [3.63, 3.8) is 0 Å². The Morgan fingerprint density at radius 1 is 1.37 bits per heavy atom. The first-order valence-electron chi connectivity index (χ1n) is 7.23. The predicted molar refractivity (Wildman–Crippen MR) is 79.2 cm³/mol. The van der Waals surface area contributed by atoms with E-state index < -0.39 is 5.41 Å². The third-order valence-electron chi connectivity index (χ3n) is 4.42. The SMILES string of the molecule is CCC(C)(CN)C(=O)Nc1cccc2c1CCCC2. The van der Waals surface area contributed by atoms with Crippen LogP contribution < -0.4 is 11.1 Å². The van der Waals surface area contributed by atoms with Crippen LogP contribution in [-0.4, -0.2) is 12.5 Å². The van der Waals surface area contributed by atoms with Gasteiger partial charge in [-0.15, -0.1) is 0 Å². The Balaban J connectivity index is 2.22. The van der Waals surface area contributed by atoms with Crippen LogP contribution in [0.4, 0.5) is 5.69 Å². The van der Waals surface area contributed by atoms with E-state index in [0.29, 0.717) is 6.54 Å². The number of hydrogen-bond donors (Lipinski definition) is 2. The number of carbonyl (C=O) groups is 1. The summed E-state index contributed by atoms with van der Waals surface area (Å²) in [7, 11) is 0. The summed E-state index contributed by atoms with van der Waals surface area (Å²) in [6.07, 6.45) is 5.41. The molecule has 0 aromatic heterocycles. The zero-order valence-electron chi connectivity index (χ0n) is 12.0. The van der Waals surface area contributed by atoms with Crippen molar-refractivity contribution >= 4 is 11.6 Å². The zero-order chi connectivity index (χ0) is 13.9. The van der Waals surface area contributed by atoms with Crippen molar-refractivity contribution in [2.75, 3.05) is 11.9 Å². The lowest BCUT2D eigenvalue weighted by Crippen LogP contribution is -2.39. The van der Waals surface area contributed by atoms with E-state index in [1.165, 1.54) is 24.0 Å². The highest BCUT2D eigenvalue weighted by Crippen LogP contribution is 2.29. The summed E-state index contributed by atoms with van der Waals surface area (Å²) in [6, 6.07) is 6.21. The first-order chi connectivity index (χ1) is 9.10. The van der Waals surface area contributed by atoms with E-state index in [1.807, 2.05) is 26.0 Å². The summed E-state index contributed by atoms with van der Waals surface area (Å²) in [4.78, 5) is 12.4. The van der Waals surface area contributed by atoms with Gasteiger partial charge < -0.3 is 11.1 Å². The number of nitrogens with one attached hydrogen (secondary N) is 1. The molecule has 0 spiro atoms. The van der Waals surface area contributed by atoms with Crippen molar-refractivity contribution in [1.82, 2.24) is 0 Å². The molecule has 0 aliphatic heterocycles. The van der Waals surface area contributed by atoms with Gasteiger partial charge in [-0.25, -0.2) is 0 Å². The van der Waals surface area contributed by atoms with Gasteiger partial charge in [-0.3, -0.25) is 4.79 Å². The van der Waals surface area contributed by atoms with E-state index in [0.717, 1.165) is 24.9 Å². The normalized spacial score (nSPS) is 17.4. The number of fused-ring (bicyclic) bond motifs is 1. The van der Waals surface area contributed by atoms with Crippen molar-refractivity contribution in [3.8, 4) is 0 Å². The molecule has 0 heterocycles. The minimum atomic E-state index is -0.475. The van der Waals surface area contributed by atoms with Crippen LogP contribution >= 0.6 is 0 Å². The van der Waals surface area contributed by atoms with Gasteiger partial charge in [-0.05, 0) is 56.2 Å². The molecule has 104 valence electrons. The second kappa shape index (κ2) is 5.74. The molecule has 3 N–H and O–H groups in total. The number of nitrogens with two attached hydrogens (primary N) is 1. The average molecular weight is 260 g/mol. The molecule has 1 aromatic rings.